The van der Waals surface area contributed by atoms with Crippen LogP contribution < -0.4 is 9.64 Å². The monoisotopic (exact) mass is 217 g/mol. The molecule has 1 aromatic carbocycles. The van der Waals surface area contributed by atoms with Crippen molar-refractivity contribution in [2.24, 2.45) is 0 Å². The molecule has 1 aliphatic rings. The maximum atomic E-state index is 11.8. The zero-order valence-corrected chi connectivity index (χ0v) is 9.40. The summed E-state index contributed by atoms with van der Waals surface area (Å²) in [7, 11) is 1.63. The average Bonchev–Trinajstić information content (AvgIpc) is 2.36. The molecule has 0 N–H and O–H groups in total. The van der Waals surface area contributed by atoms with Crippen molar-refractivity contribution >= 4 is 11.6 Å². The minimum absolute atomic E-state index is 0.0644. The smallest absolute Gasteiger partial charge is 0.250 e. The van der Waals surface area contributed by atoms with Crippen molar-refractivity contribution in [3.63, 3.8) is 0 Å². The molecule has 1 amide bonds. The van der Waals surface area contributed by atoms with Gasteiger partial charge in [-0.3, -0.25) is 4.79 Å². The van der Waals surface area contributed by atoms with Gasteiger partial charge in [0.2, 0.25) is 5.91 Å². The Kier molecular flexibility index (Phi) is 2.95. The number of para-hydroxylation sites is 1. The third-order valence-electron chi connectivity index (χ3n) is 2.84. The van der Waals surface area contributed by atoms with Crippen LogP contribution in [0.1, 0.15) is 12.0 Å². The molecular weight excluding hydrogens is 202 g/mol. The van der Waals surface area contributed by atoms with Crippen LogP contribution in [0.2, 0.25) is 0 Å². The molecule has 1 aromatic rings. The number of rotatable bonds is 2. The van der Waals surface area contributed by atoms with Crippen molar-refractivity contribution in [3.8, 4) is 5.75 Å². The molecule has 0 saturated carbocycles. The first-order valence-electron chi connectivity index (χ1n) is 5.37. The Morgan fingerprint density at radius 3 is 3.06 bits per heavy atom. The Labute approximate surface area is 95.3 Å². The van der Waals surface area contributed by atoms with Gasteiger partial charge in [-0.15, -0.1) is 0 Å². The summed E-state index contributed by atoms with van der Waals surface area (Å²) in [6, 6.07) is 5.88. The fourth-order valence-electron chi connectivity index (χ4n) is 2.11. The number of fused-ring (bicyclic) bond motifs is 1. The molecule has 0 aromatic heterocycles. The van der Waals surface area contributed by atoms with Crippen LogP contribution in [0.3, 0.4) is 0 Å². The second kappa shape index (κ2) is 4.39. The lowest BCUT2D eigenvalue weighted by atomic mass is 10.0. The second-order valence-corrected chi connectivity index (χ2v) is 3.77. The molecule has 0 radical (unpaired) electrons. The zero-order chi connectivity index (χ0) is 11.5. The lowest BCUT2D eigenvalue weighted by Gasteiger charge is -2.30. The highest BCUT2D eigenvalue weighted by molar-refractivity contribution is 6.03. The molecule has 0 bridgehead atoms. The van der Waals surface area contributed by atoms with Crippen LogP contribution in [0.15, 0.2) is 30.9 Å². The van der Waals surface area contributed by atoms with E-state index in [2.05, 4.69) is 6.58 Å². The molecule has 0 aliphatic carbocycles. The number of carbonyl (C=O) groups excluding carboxylic acids is 1. The lowest BCUT2D eigenvalue weighted by Crippen LogP contribution is -2.34. The number of carbonyl (C=O) groups is 1. The Morgan fingerprint density at radius 2 is 2.38 bits per heavy atom. The fraction of sp³-hybridized carbons (Fsp3) is 0.308. The Morgan fingerprint density at radius 1 is 1.56 bits per heavy atom. The number of nitrogens with zero attached hydrogens (tertiary/aromatic N) is 1. The van der Waals surface area contributed by atoms with Crippen molar-refractivity contribution in [1.29, 1.82) is 0 Å². The Bertz CT molecular complexity index is 412. The Hall–Kier alpha value is -1.77. The molecule has 0 unspecified atom stereocenters. The van der Waals surface area contributed by atoms with Crippen LogP contribution >= 0.6 is 0 Å². The molecule has 3 heteroatoms. The van der Waals surface area contributed by atoms with E-state index in [1.807, 2.05) is 18.2 Å². The molecule has 2 rings (SSSR count). The van der Waals surface area contributed by atoms with Crippen LogP contribution in [0, 0.1) is 0 Å². The maximum absolute atomic E-state index is 11.8. The van der Waals surface area contributed by atoms with E-state index in [0.29, 0.717) is 0 Å². The molecular formula is C13H15NO2. The number of methoxy groups -OCH3 is 1. The molecule has 84 valence electrons. The predicted molar refractivity (Wildman–Crippen MR) is 63.9 cm³/mol. The molecule has 0 saturated heterocycles. The van der Waals surface area contributed by atoms with E-state index in [4.69, 9.17) is 4.74 Å². The number of anilines is 1. The predicted octanol–water partition coefficient (Wildman–Crippen LogP) is 2.16. The van der Waals surface area contributed by atoms with Crippen LogP contribution in [0.5, 0.6) is 5.75 Å². The average molecular weight is 217 g/mol. The van der Waals surface area contributed by atoms with E-state index in [-0.39, 0.29) is 5.91 Å². The van der Waals surface area contributed by atoms with Crippen molar-refractivity contribution in [2.45, 2.75) is 12.8 Å². The SMILES string of the molecule is C=CC(=O)N1CCCc2cccc(OC)c21. The quantitative estimate of drug-likeness (QED) is 0.710. The highest BCUT2D eigenvalue weighted by Crippen LogP contribution is 2.36. The molecule has 1 aliphatic heterocycles. The van der Waals surface area contributed by atoms with Gasteiger partial charge in [-0.1, -0.05) is 18.7 Å². The van der Waals surface area contributed by atoms with Crippen molar-refractivity contribution in [3.05, 3.63) is 36.4 Å². The van der Waals surface area contributed by atoms with Gasteiger partial charge >= 0.3 is 0 Å². The van der Waals surface area contributed by atoms with Gasteiger partial charge in [-0.2, -0.15) is 0 Å². The lowest BCUT2D eigenvalue weighted by molar-refractivity contribution is -0.114. The summed E-state index contributed by atoms with van der Waals surface area (Å²) < 4.78 is 5.31. The van der Waals surface area contributed by atoms with E-state index in [1.54, 1.807) is 12.0 Å². The van der Waals surface area contributed by atoms with Crippen molar-refractivity contribution in [1.82, 2.24) is 0 Å². The number of ether oxygens (including phenoxy) is 1. The van der Waals surface area contributed by atoms with E-state index in [0.717, 1.165) is 30.8 Å². The van der Waals surface area contributed by atoms with Gasteiger partial charge in [0.15, 0.2) is 0 Å². The van der Waals surface area contributed by atoms with Crippen LogP contribution in [0.4, 0.5) is 5.69 Å². The molecule has 0 fully saturated rings. The van der Waals surface area contributed by atoms with Gasteiger partial charge in [0, 0.05) is 6.54 Å². The number of aryl methyl sites for hydroxylation is 1. The summed E-state index contributed by atoms with van der Waals surface area (Å²) in [5, 5.41) is 0. The standard InChI is InChI=1S/C13H15NO2/c1-3-12(15)14-9-5-7-10-6-4-8-11(16-2)13(10)14/h3-4,6,8H,1,5,7,9H2,2H3. The summed E-state index contributed by atoms with van der Waals surface area (Å²) in [6.07, 6.45) is 3.33. The third kappa shape index (κ3) is 1.69. The first-order valence-corrected chi connectivity index (χ1v) is 5.37. The van der Waals surface area contributed by atoms with Gasteiger partial charge in [-0.05, 0) is 30.5 Å². The van der Waals surface area contributed by atoms with Crippen molar-refractivity contribution < 1.29 is 9.53 Å². The third-order valence-corrected chi connectivity index (χ3v) is 2.84. The largest absolute Gasteiger partial charge is 0.495 e. The summed E-state index contributed by atoms with van der Waals surface area (Å²) >= 11 is 0. The van der Waals surface area contributed by atoms with Gasteiger partial charge in [0.25, 0.3) is 0 Å². The highest BCUT2D eigenvalue weighted by Gasteiger charge is 2.23. The van der Waals surface area contributed by atoms with Gasteiger partial charge in [0.1, 0.15) is 5.75 Å². The fourth-order valence-corrected chi connectivity index (χ4v) is 2.11. The van der Waals surface area contributed by atoms with Gasteiger partial charge < -0.3 is 9.64 Å². The first kappa shape index (κ1) is 10.7. The summed E-state index contributed by atoms with van der Waals surface area (Å²) in [5.74, 6) is 0.692. The number of hydrogen-bond donors (Lipinski definition) is 0. The summed E-state index contributed by atoms with van der Waals surface area (Å²) in [6.45, 7) is 4.27. The van der Waals surface area contributed by atoms with E-state index < -0.39 is 0 Å². The first-order chi connectivity index (χ1) is 7.77. The van der Waals surface area contributed by atoms with E-state index in [9.17, 15) is 4.79 Å². The van der Waals surface area contributed by atoms with Crippen LogP contribution in [0.25, 0.3) is 0 Å². The molecule has 3 nitrogen and oxygen atoms in total. The molecule has 0 atom stereocenters. The van der Waals surface area contributed by atoms with Crippen molar-refractivity contribution in [2.75, 3.05) is 18.6 Å². The minimum Gasteiger partial charge on any atom is -0.495 e. The number of amides is 1. The van der Waals surface area contributed by atoms with Crippen LogP contribution in [-0.2, 0) is 11.2 Å². The minimum atomic E-state index is -0.0644. The second-order valence-electron chi connectivity index (χ2n) is 3.77. The van der Waals surface area contributed by atoms with Gasteiger partial charge in [-0.25, -0.2) is 0 Å². The maximum Gasteiger partial charge on any atom is 0.250 e. The zero-order valence-electron chi connectivity index (χ0n) is 9.40. The van der Waals surface area contributed by atoms with E-state index >= 15 is 0 Å². The van der Waals surface area contributed by atoms with E-state index in [1.165, 1.54) is 11.6 Å². The molecule has 16 heavy (non-hydrogen) atoms. The normalized spacial score (nSPS) is 14.2. The summed E-state index contributed by atoms with van der Waals surface area (Å²) in [5.41, 5.74) is 2.07. The summed E-state index contributed by atoms with van der Waals surface area (Å²) in [4.78, 5) is 13.5. The molecule has 0 spiro atoms. The van der Waals surface area contributed by atoms with Crippen LogP contribution in [-0.4, -0.2) is 19.6 Å². The molecule has 1 heterocycles. The van der Waals surface area contributed by atoms with Gasteiger partial charge in [0.05, 0.1) is 12.8 Å². The number of benzene rings is 1. The highest BCUT2D eigenvalue weighted by atomic mass is 16.5. The number of hydrogen-bond acceptors (Lipinski definition) is 2. The topological polar surface area (TPSA) is 29.5 Å². The Balaban J connectivity index is 2.50.